The molecular weight excluding hydrogens is 302 g/mol. The van der Waals surface area contributed by atoms with Crippen LogP contribution in [0.2, 0.25) is 0 Å². The fourth-order valence-corrected chi connectivity index (χ4v) is 3.60. The molecule has 0 spiro atoms. The molecule has 5 heteroatoms. The molecule has 2 aliphatic heterocycles. The van der Waals surface area contributed by atoms with Gasteiger partial charge in [-0.05, 0) is 43.9 Å². The van der Waals surface area contributed by atoms with E-state index in [4.69, 9.17) is 0 Å². The van der Waals surface area contributed by atoms with E-state index >= 15 is 0 Å². The summed E-state index contributed by atoms with van der Waals surface area (Å²) in [5, 5.41) is 16.0. The Labute approximate surface area is 144 Å². The van der Waals surface area contributed by atoms with Gasteiger partial charge in [0.25, 0.3) is 0 Å². The summed E-state index contributed by atoms with van der Waals surface area (Å²) in [6, 6.07) is 8.33. The molecule has 1 atom stereocenters. The molecular formula is C19H29N3O2. The highest BCUT2D eigenvalue weighted by Gasteiger charge is 2.36. The van der Waals surface area contributed by atoms with Gasteiger partial charge in [-0.25, -0.2) is 0 Å². The molecule has 0 aromatic heterocycles. The number of amides is 1. The van der Waals surface area contributed by atoms with E-state index in [0.717, 1.165) is 52.0 Å². The van der Waals surface area contributed by atoms with E-state index in [1.807, 2.05) is 13.0 Å². The first-order valence-electron chi connectivity index (χ1n) is 9.03. The lowest BCUT2D eigenvalue weighted by Crippen LogP contribution is -2.40. The highest BCUT2D eigenvalue weighted by Crippen LogP contribution is 2.25. The van der Waals surface area contributed by atoms with Crippen molar-refractivity contribution in [2.75, 3.05) is 26.2 Å². The largest absolute Gasteiger partial charge is 0.393 e. The molecule has 0 unspecified atom stereocenters. The number of likely N-dealkylation sites (tertiary alicyclic amines) is 1. The molecule has 0 saturated carbocycles. The summed E-state index contributed by atoms with van der Waals surface area (Å²) in [5.41, 5.74) is 2.17. The number of piperidine rings is 1. The van der Waals surface area contributed by atoms with E-state index in [1.54, 1.807) is 0 Å². The third kappa shape index (κ3) is 4.15. The van der Waals surface area contributed by atoms with Crippen molar-refractivity contribution < 1.29 is 9.90 Å². The number of hydrogen-bond donors (Lipinski definition) is 3. The molecule has 24 heavy (non-hydrogen) atoms. The van der Waals surface area contributed by atoms with Crippen molar-refractivity contribution in [3.8, 4) is 0 Å². The zero-order valence-corrected chi connectivity index (χ0v) is 14.6. The second-order valence-corrected chi connectivity index (χ2v) is 7.45. The van der Waals surface area contributed by atoms with E-state index < -0.39 is 0 Å². The fraction of sp³-hybridized carbons (Fsp3) is 0.632. The zero-order chi connectivity index (χ0) is 17.0. The van der Waals surface area contributed by atoms with Crippen LogP contribution in [0.15, 0.2) is 24.3 Å². The van der Waals surface area contributed by atoms with Crippen LogP contribution in [-0.4, -0.2) is 48.2 Å². The lowest BCUT2D eigenvalue weighted by molar-refractivity contribution is -0.129. The standard InChI is InChI=1S/C19H29N3O2/c1-19(8-9-20-14-19)18(24)21-12-15-4-2-3-5-16(15)13-22-10-6-17(23)7-11-22/h2-5,17,20,23H,6-14H2,1H3,(H,21,24)/t19-/m0/s1. The van der Waals surface area contributed by atoms with Crippen molar-refractivity contribution in [1.29, 1.82) is 0 Å². The van der Waals surface area contributed by atoms with Gasteiger partial charge in [-0.15, -0.1) is 0 Å². The number of aliphatic hydroxyl groups is 1. The number of carbonyl (C=O) groups excluding carboxylic acids is 1. The van der Waals surface area contributed by atoms with Crippen LogP contribution in [0.1, 0.15) is 37.3 Å². The summed E-state index contributed by atoms with van der Waals surface area (Å²) in [4.78, 5) is 14.9. The van der Waals surface area contributed by atoms with Gasteiger partial charge in [0.2, 0.25) is 5.91 Å². The molecule has 0 radical (unpaired) electrons. The van der Waals surface area contributed by atoms with Crippen molar-refractivity contribution >= 4 is 5.91 Å². The third-order valence-corrected chi connectivity index (χ3v) is 5.43. The van der Waals surface area contributed by atoms with Gasteiger partial charge in [0, 0.05) is 32.7 Å². The Balaban J connectivity index is 1.58. The molecule has 0 aliphatic carbocycles. The Kier molecular flexibility index (Phi) is 5.54. The molecule has 5 nitrogen and oxygen atoms in total. The summed E-state index contributed by atoms with van der Waals surface area (Å²) in [7, 11) is 0. The number of rotatable bonds is 5. The number of aliphatic hydroxyl groups excluding tert-OH is 1. The molecule has 1 amide bonds. The predicted octanol–water partition coefficient (Wildman–Crippen LogP) is 1.26. The average Bonchev–Trinajstić information content (AvgIpc) is 3.04. The maximum atomic E-state index is 12.5. The number of nitrogens with one attached hydrogen (secondary N) is 2. The van der Waals surface area contributed by atoms with Crippen molar-refractivity contribution in [1.82, 2.24) is 15.5 Å². The number of carbonyl (C=O) groups is 1. The molecule has 2 aliphatic rings. The van der Waals surface area contributed by atoms with E-state index in [2.05, 4.69) is 33.7 Å². The first-order chi connectivity index (χ1) is 11.6. The van der Waals surface area contributed by atoms with Crippen molar-refractivity contribution in [2.45, 2.75) is 45.4 Å². The zero-order valence-electron chi connectivity index (χ0n) is 14.6. The van der Waals surface area contributed by atoms with Gasteiger partial charge in [-0.2, -0.15) is 0 Å². The Morgan fingerprint density at radius 2 is 2.04 bits per heavy atom. The van der Waals surface area contributed by atoms with E-state index in [0.29, 0.717) is 6.54 Å². The molecule has 3 rings (SSSR count). The van der Waals surface area contributed by atoms with Crippen LogP contribution in [0.25, 0.3) is 0 Å². The Morgan fingerprint density at radius 3 is 2.71 bits per heavy atom. The van der Waals surface area contributed by atoms with Crippen LogP contribution in [0.3, 0.4) is 0 Å². The van der Waals surface area contributed by atoms with Gasteiger partial charge in [0.1, 0.15) is 0 Å². The van der Waals surface area contributed by atoms with Gasteiger partial charge in [-0.1, -0.05) is 24.3 Å². The van der Waals surface area contributed by atoms with Gasteiger partial charge >= 0.3 is 0 Å². The fourth-order valence-electron chi connectivity index (χ4n) is 3.60. The van der Waals surface area contributed by atoms with Crippen LogP contribution < -0.4 is 10.6 Å². The van der Waals surface area contributed by atoms with Crippen molar-refractivity contribution in [2.24, 2.45) is 5.41 Å². The first kappa shape index (κ1) is 17.4. The minimum Gasteiger partial charge on any atom is -0.393 e. The van der Waals surface area contributed by atoms with Crippen LogP contribution in [0.5, 0.6) is 0 Å². The second kappa shape index (κ2) is 7.64. The van der Waals surface area contributed by atoms with Crippen LogP contribution in [0.4, 0.5) is 0 Å². The van der Waals surface area contributed by atoms with Crippen molar-refractivity contribution in [3.63, 3.8) is 0 Å². The molecule has 1 aromatic carbocycles. The number of nitrogens with zero attached hydrogens (tertiary/aromatic N) is 1. The molecule has 2 fully saturated rings. The molecule has 1 aromatic rings. The molecule has 0 bridgehead atoms. The van der Waals surface area contributed by atoms with E-state index in [-0.39, 0.29) is 17.4 Å². The normalized spacial score (nSPS) is 25.8. The molecule has 132 valence electrons. The highest BCUT2D eigenvalue weighted by molar-refractivity contribution is 5.82. The van der Waals surface area contributed by atoms with E-state index in [1.165, 1.54) is 11.1 Å². The van der Waals surface area contributed by atoms with Crippen LogP contribution in [0, 0.1) is 5.41 Å². The van der Waals surface area contributed by atoms with Gasteiger partial charge in [-0.3, -0.25) is 9.69 Å². The first-order valence-corrected chi connectivity index (χ1v) is 9.03. The SMILES string of the molecule is C[C@]1(C(=O)NCc2ccccc2CN2CCC(O)CC2)CCNC1. The summed E-state index contributed by atoms with van der Waals surface area (Å²) >= 11 is 0. The predicted molar refractivity (Wildman–Crippen MR) is 94.4 cm³/mol. The minimum absolute atomic E-state index is 0.142. The summed E-state index contributed by atoms with van der Waals surface area (Å²) in [6.45, 7) is 7.06. The molecule has 2 heterocycles. The topological polar surface area (TPSA) is 64.6 Å². The number of benzene rings is 1. The minimum atomic E-state index is -0.280. The van der Waals surface area contributed by atoms with Gasteiger partial charge in [0.05, 0.1) is 11.5 Å². The summed E-state index contributed by atoms with van der Waals surface area (Å²) < 4.78 is 0. The monoisotopic (exact) mass is 331 g/mol. The second-order valence-electron chi connectivity index (χ2n) is 7.45. The maximum Gasteiger partial charge on any atom is 0.227 e. The lowest BCUT2D eigenvalue weighted by Gasteiger charge is -2.30. The average molecular weight is 331 g/mol. The Morgan fingerprint density at radius 1 is 1.33 bits per heavy atom. The smallest absolute Gasteiger partial charge is 0.227 e. The highest BCUT2D eigenvalue weighted by atomic mass is 16.3. The Bertz CT molecular complexity index is 561. The Hall–Kier alpha value is -1.43. The molecule has 3 N–H and O–H groups in total. The van der Waals surface area contributed by atoms with Gasteiger partial charge < -0.3 is 15.7 Å². The molecule has 2 saturated heterocycles. The van der Waals surface area contributed by atoms with Crippen LogP contribution in [-0.2, 0) is 17.9 Å². The maximum absolute atomic E-state index is 12.5. The quantitative estimate of drug-likeness (QED) is 0.760. The summed E-state index contributed by atoms with van der Waals surface area (Å²) in [5.74, 6) is 0.142. The lowest BCUT2D eigenvalue weighted by atomic mass is 9.88. The van der Waals surface area contributed by atoms with Crippen LogP contribution >= 0.6 is 0 Å². The van der Waals surface area contributed by atoms with E-state index in [9.17, 15) is 9.90 Å². The number of hydrogen-bond acceptors (Lipinski definition) is 4. The third-order valence-electron chi connectivity index (χ3n) is 5.43. The summed E-state index contributed by atoms with van der Waals surface area (Å²) in [6.07, 6.45) is 2.46. The van der Waals surface area contributed by atoms with Crippen molar-refractivity contribution in [3.05, 3.63) is 35.4 Å². The van der Waals surface area contributed by atoms with Gasteiger partial charge in [0.15, 0.2) is 0 Å².